The van der Waals surface area contributed by atoms with Gasteiger partial charge < -0.3 is 4.74 Å². The zero-order valence-corrected chi connectivity index (χ0v) is 16.7. The number of hydrogen-bond donors (Lipinski definition) is 0. The fraction of sp³-hybridized carbons (Fsp3) is 0.263. The molecule has 1 fully saturated rings. The number of nitrogens with zero attached hydrogens (tertiary/aromatic N) is 3. The first-order chi connectivity index (χ1) is 14.4. The van der Waals surface area contributed by atoms with Gasteiger partial charge in [0, 0.05) is 17.4 Å². The Bertz CT molecular complexity index is 1080. The number of para-hydroxylation sites is 1. The van der Waals surface area contributed by atoms with E-state index >= 15 is 0 Å². The second kappa shape index (κ2) is 8.43. The minimum Gasteiger partial charge on any atom is -0.484 e. The summed E-state index contributed by atoms with van der Waals surface area (Å²) in [5, 5.41) is 8.79. The zero-order valence-electron chi connectivity index (χ0n) is 15.1. The fourth-order valence-corrected chi connectivity index (χ4v) is 4.03. The van der Waals surface area contributed by atoms with Crippen LogP contribution >= 0.6 is 23.4 Å². The Morgan fingerprint density at radius 1 is 0.967 bits per heavy atom. The van der Waals surface area contributed by atoms with Crippen molar-refractivity contribution in [3.05, 3.63) is 69.8 Å². The van der Waals surface area contributed by atoms with Gasteiger partial charge in [0.05, 0.1) is 5.02 Å². The maximum absolute atomic E-state index is 13.9. The summed E-state index contributed by atoms with van der Waals surface area (Å²) in [4.78, 5) is 0. The molecule has 4 rings (SSSR count). The normalized spacial score (nSPS) is 13.7. The van der Waals surface area contributed by atoms with Crippen LogP contribution in [0, 0.1) is 29.1 Å². The largest absolute Gasteiger partial charge is 0.484 e. The summed E-state index contributed by atoms with van der Waals surface area (Å²) in [7, 11) is 0. The van der Waals surface area contributed by atoms with Crippen molar-refractivity contribution in [2.75, 3.05) is 0 Å². The van der Waals surface area contributed by atoms with E-state index in [-0.39, 0.29) is 12.6 Å². The van der Waals surface area contributed by atoms with E-state index in [2.05, 4.69) is 10.2 Å². The molecule has 0 unspecified atom stereocenters. The van der Waals surface area contributed by atoms with Gasteiger partial charge in [-0.05, 0) is 25.0 Å². The second-order valence-electron chi connectivity index (χ2n) is 6.56. The number of rotatable bonds is 7. The lowest BCUT2D eigenvalue weighted by Gasteiger charge is -2.11. The van der Waals surface area contributed by atoms with Gasteiger partial charge in [0.15, 0.2) is 34.2 Å². The van der Waals surface area contributed by atoms with Crippen LogP contribution in [-0.4, -0.2) is 14.8 Å². The van der Waals surface area contributed by atoms with Crippen LogP contribution in [0.5, 0.6) is 5.75 Å². The monoisotopic (exact) mass is 461 g/mol. The Kier molecular flexibility index (Phi) is 5.88. The van der Waals surface area contributed by atoms with E-state index in [9.17, 15) is 22.0 Å². The molecule has 2 aromatic carbocycles. The van der Waals surface area contributed by atoms with Gasteiger partial charge in [0.1, 0.15) is 12.4 Å². The summed E-state index contributed by atoms with van der Waals surface area (Å²) in [5.41, 5.74) is -0.907. The van der Waals surface area contributed by atoms with Gasteiger partial charge >= 0.3 is 0 Å². The molecule has 30 heavy (non-hydrogen) atoms. The standard InChI is InChI=1S/C19H13ClF5N3OS/c20-11-3-1-2-4-12(11)29-7-13-26-27-19(28(13)9-5-6-9)30-8-10-14(21)16(23)18(25)17(24)15(10)22/h1-4,9H,5-8H2. The topological polar surface area (TPSA) is 39.9 Å². The van der Waals surface area contributed by atoms with Crippen LogP contribution in [0.1, 0.15) is 30.3 Å². The fourth-order valence-electron chi connectivity index (χ4n) is 2.82. The molecule has 158 valence electrons. The van der Waals surface area contributed by atoms with Crippen LogP contribution in [0.25, 0.3) is 0 Å². The smallest absolute Gasteiger partial charge is 0.200 e. The lowest BCUT2D eigenvalue weighted by molar-refractivity contribution is 0.288. The highest BCUT2D eigenvalue weighted by Crippen LogP contribution is 2.40. The van der Waals surface area contributed by atoms with Crippen molar-refractivity contribution < 1.29 is 26.7 Å². The van der Waals surface area contributed by atoms with Gasteiger partial charge in [0.2, 0.25) is 5.82 Å². The maximum Gasteiger partial charge on any atom is 0.200 e. The van der Waals surface area contributed by atoms with E-state index in [0.29, 0.717) is 21.8 Å². The number of aromatic nitrogens is 3. The molecule has 1 aliphatic carbocycles. The average Bonchev–Trinajstić information content (AvgIpc) is 3.50. The Morgan fingerprint density at radius 2 is 1.60 bits per heavy atom. The number of halogens is 6. The number of hydrogen-bond acceptors (Lipinski definition) is 4. The molecular weight excluding hydrogens is 449 g/mol. The maximum atomic E-state index is 13.9. The molecule has 0 N–H and O–H groups in total. The third kappa shape index (κ3) is 3.98. The minimum absolute atomic E-state index is 0.0519. The van der Waals surface area contributed by atoms with Crippen LogP contribution in [0.15, 0.2) is 29.4 Å². The van der Waals surface area contributed by atoms with Gasteiger partial charge in [-0.1, -0.05) is 35.5 Å². The summed E-state index contributed by atoms with van der Waals surface area (Å²) in [6, 6.07) is 6.98. The Morgan fingerprint density at radius 3 is 2.23 bits per heavy atom. The van der Waals surface area contributed by atoms with Crippen LogP contribution in [-0.2, 0) is 12.4 Å². The molecule has 1 aliphatic rings. The van der Waals surface area contributed by atoms with E-state index in [1.54, 1.807) is 28.8 Å². The summed E-state index contributed by atoms with van der Waals surface area (Å²) in [5.74, 6) is -9.39. The number of thioether (sulfide) groups is 1. The van der Waals surface area contributed by atoms with Crippen LogP contribution in [0.3, 0.4) is 0 Å². The molecule has 1 saturated carbocycles. The molecule has 3 aromatic rings. The highest BCUT2D eigenvalue weighted by molar-refractivity contribution is 7.98. The van der Waals surface area contributed by atoms with Crippen LogP contribution in [0.4, 0.5) is 22.0 Å². The van der Waals surface area contributed by atoms with Gasteiger partial charge in [-0.15, -0.1) is 10.2 Å². The summed E-state index contributed by atoms with van der Waals surface area (Å²) < 4.78 is 75.3. The predicted octanol–water partition coefficient (Wildman–Crippen LogP) is 5.83. The summed E-state index contributed by atoms with van der Waals surface area (Å²) >= 11 is 6.90. The van der Waals surface area contributed by atoms with Crippen molar-refractivity contribution in [2.45, 2.75) is 36.4 Å². The van der Waals surface area contributed by atoms with E-state index in [1.807, 2.05) is 0 Å². The molecule has 0 bridgehead atoms. The minimum atomic E-state index is -2.18. The van der Waals surface area contributed by atoms with Gasteiger partial charge in [-0.3, -0.25) is 4.57 Å². The number of ether oxygens (including phenoxy) is 1. The first-order valence-electron chi connectivity index (χ1n) is 8.82. The molecule has 0 spiro atoms. The average molecular weight is 462 g/mol. The molecule has 11 heteroatoms. The molecule has 0 aliphatic heterocycles. The predicted molar refractivity (Wildman–Crippen MR) is 99.9 cm³/mol. The Labute approximate surface area is 177 Å². The SMILES string of the molecule is Fc1c(F)c(F)c(CSc2nnc(COc3ccccc3Cl)n2C2CC2)c(F)c1F. The van der Waals surface area contributed by atoms with Crippen molar-refractivity contribution >= 4 is 23.4 Å². The molecule has 1 aromatic heterocycles. The van der Waals surface area contributed by atoms with E-state index in [1.165, 1.54) is 0 Å². The Balaban J connectivity index is 1.54. The van der Waals surface area contributed by atoms with Gasteiger partial charge in [-0.25, -0.2) is 22.0 Å². The zero-order chi connectivity index (χ0) is 21.4. The van der Waals surface area contributed by atoms with E-state index in [0.717, 1.165) is 24.6 Å². The van der Waals surface area contributed by atoms with Crippen molar-refractivity contribution in [2.24, 2.45) is 0 Å². The highest BCUT2D eigenvalue weighted by atomic mass is 35.5. The Hall–Kier alpha value is -2.33. The van der Waals surface area contributed by atoms with Crippen molar-refractivity contribution in [1.82, 2.24) is 14.8 Å². The van der Waals surface area contributed by atoms with Crippen molar-refractivity contribution in [3.8, 4) is 5.75 Å². The summed E-state index contributed by atoms with van der Waals surface area (Å²) in [6.07, 6.45) is 1.71. The number of benzene rings is 2. The second-order valence-corrected chi connectivity index (χ2v) is 7.91. The van der Waals surface area contributed by atoms with Crippen LogP contribution in [0.2, 0.25) is 5.02 Å². The lowest BCUT2D eigenvalue weighted by atomic mass is 10.2. The highest BCUT2D eigenvalue weighted by Gasteiger charge is 2.31. The van der Waals surface area contributed by atoms with Crippen molar-refractivity contribution in [1.29, 1.82) is 0 Å². The van der Waals surface area contributed by atoms with E-state index in [4.69, 9.17) is 16.3 Å². The van der Waals surface area contributed by atoms with Gasteiger partial charge in [0.25, 0.3) is 0 Å². The van der Waals surface area contributed by atoms with Crippen LogP contribution < -0.4 is 4.74 Å². The first kappa shape index (κ1) is 20.9. The third-order valence-electron chi connectivity index (χ3n) is 4.49. The molecular formula is C19H13ClF5N3OS. The molecule has 0 radical (unpaired) electrons. The molecule has 4 nitrogen and oxygen atoms in total. The molecule has 0 atom stereocenters. The lowest BCUT2D eigenvalue weighted by Crippen LogP contribution is -2.08. The molecule has 0 amide bonds. The summed E-state index contributed by atoms with van der Waals surface area (Å²) in [6.45, 7) is 0.0519. The quantitative estimate of drug-likeness (QED) is 0.192. The van der Waals surface area contributed by atoms with E-state index < -0.39 is 40.4 Å². The van der Waals surface area contributed by atoms with Crippen molar-refractivity contribution in [3.63, 3.8) is 0 Å². The van der Waals surface area contributed by atoms with Gasteiger partial charge in [-0.2, -0.15) is 0 Å². The molecule has 0 saturated heterocycles. The third-order valence-corrected chi connectivity index (χ3v) is 5.77. The molecule has 1 heterocycles. The first-order valence-corrected chi connectivity index (χ1v) is 10.2.